The molecule has 0 fully saturated rings. The van der Waals surface area contributed by atoms with Gasteiger partial charge in [0.25, 0.3) is 5.91 Å². The molecular formula is C21H17FN2O2. The van der Waals surface area contributed by atoms with Crippen molar-refractivity contribution in [2.75, 3.05) is 10.6 Å². The van der Waals surface area contributed by atoms with E-state index in [0.29, 0.717) is 11.3 Å². The van der Waals surface area contributed by atoms with Crippen LogP contribution in [-0.2, 0) is 0 Å². The average molecular weight is 348 g/mol. The Morgan fingerprint density at radius 1 is 0.769 bits per heavy atom. The zero-order valence-corrected chi connectivity index (χ0v) is 14.1. The highest BCUT2D eigenvalue weighted by Gasteiger charge is 2.07. The Kier molecular flexibility index (Phi) is 5.08. The topological polar surface area (TPSA) is 58.2 Å². The van der Waals surface area contributed by atoms with Gasteiger partial charge < -0.3 is 10.6 Å². The van der Waals surface area contributed by atoms with Crippen LogP contribution in [0, 0.1) is 5.82 Å². The molecule has 3 aromatic rings. The lowest BCUT2D eigenvalue weighted by atomic mass is 10.1. The van der Waals surface area contributed by atoms with E-state index in [-0.39, 0.29) is 17.3 Å². The molecule has 0 heterocycles. The van der Waals surface area contributed by atoms with Crippen molar-refractivity contribution in [3.8, 4) is 0 Å². The number of halogens is 1. The van der Waals surface area contributed by atoms with Gasteiger partial charge >= 0.3 is 0 Å². The third kappa shape index (κ3) is 4.33. The molecule has 2 N–H and O–H groups in total. The molecule has 0 aromatic heterocycles. The van der Waals surface area contributed by atoms with E-state index in [1.54, 1.807) is 30.3 Å². The second-order valence-electron chi connectivity index (χ2n) is 5.80. The molecule has 0 unspecified atom stereocenters. The van der Waals surface area contributed by atoms with Gasteiger partial charge in [-0.05, 0) is 73.7 Å². The second kappa shape index (κ2) is 7.61. The first-order chi connectivity index (χ1) is 12.5. The number of carbonyl (C=O) groups is 2. The Balaban J connectivity index is 1.64. The lowest BCUT2D eigenvalue weighted by Crippen LogP contribution is -2.11. The molecular weight excluding hydrogens is 331 g/mol. The largest absolute Gasteiger partial charge is 0.356 e. The molecule has 0 saturated carbocycles. The number of hydrogen-bond donors (Lipinski definition) is 2. The highest BCUT2D eigenvalue weighted by Crippen LogP contribution is 2.20. The predicted molar refractivity (Wildman–Crippen MR) is 101 cm³/mol. The minimum Gasteiger partial charge on any atom is -0.356 e. The third-order valence-corrected chi connectivity index (χ3v) is 3.81. The van der Waals surface area contributed by atoms with Crippen LogP contribution in [0.5, 0.6) is 0 Å². The SMILES string of the molecule is CC(=O)c1ccc(Nc2ccc(NC(=O)c3cccc(F)c3)cc2)cc1. The van der Waals surface area contributed by atoms with Crippen LogP contribution in [0.3, 0.4) is 0 Å². The highest BCUT2D eigenvalue weighted by molar-refractivity contribution is 6.04. The number of Topliss-reactive ketones (excluding diaryl/α,β-unsaturated/α-hetero) is 1. The van der Waals surface area contributed by atoms with E-state index in [1.807, 2.05) is 24.3 Å². The van der Waals surface area contributed by atoms with Crippen molar-refractivity contribution in [2.45, 2.75) is 6.92 Å². The smallest absolute Gasteiger partial charge is 0.255 e. The van der Waals surface area contributed by atoms with E-state index in [0.717, 1.165) is 11.4 Å². The molecule has 3 rings (SSSR count). The van der Waals surface area contributed by atoms with Crippen molar-refractivity contribution in [3.05, 3.63) is 89.7 Å². The Labute approximate surface area is 150 Å². The van der Waals surface area contributed by atoms with E-state index < -0.39 is 5.82 Å². The number of benzene rings is 3. The fraction of sp³-hybridized carbons (Fsp3) is 0.0476. The monoisotopic (exact) mass is 348 g/mol. The number of ketones is 1. The molecule has 0 aliphatic carbocycles. The molecule has 3 aromatic carbocycles. The van der Waals surface area contributed by atoms with Gasteiger partial charge in [0.05, 0.1) is 0 Å². The summed E-state index contributed by atoms with van der Waals surface area (Å²) in [4.78, 5) is 23.4. The molecule has 0 atom stereocenters. The zero-order chi connectivity index (χ0) is 18.5. The average Bonchev–Trinajstić information content (AvgIpc) is 2.64. The normalized spacial score (nSPS) is 10.2. The van der Waals surface area contributed by atoms with E-state index >= 15 is 0 Å². The van der Waals surface area contributed by atoms with Gasteiger partial charge in [-0.1, -0.05) is 6.07 Å². The Morgan fingerprint density at radius 3 is 1.92 bits per heavy atom. The number of anilines is 3. The van der Waals surface area contributed by atoms with Gasteiger partial charge in [-0.25, -0.2) is 4.39 Å². The Hall–Kier alpha value is -3.47. The molecule has 4 nitrogen and oxygen atoms in total. The summed E-state index contributed by atoms with van der Waals surface area (Å²) in [5.41, 5.74) is 3.22. The van der Waals surface area contributed by atoms with Crippen molar-refractivity contribution in [3.63, 3.8) is 0 Å². The van der Waals surface area contributed by atoms with Gasteiger partial charge in [-0.2, -0.15) is 0 Å². The number of rotatable bonds is 5. The summed E-state index contributed by atoms with van der Waals surface area (Å²) in [5.74, 6) is -0.798. The fourth-order valence-electron chi connectivity index (χ4n) is 2.42. The van der Waals surface area contributed by atoms with E-state index in [9.17, 15) is 14.0 Å². The molecule has 0 aliphatic heterocycles. The lowest BCUT2D eigenvalue weighted by Gasteiger charge is -2.09. The molecule has 0 radical (unpaired) electrons. The molecule has 1 amide bonds. The summed E-state index contributed by atoms with van der Waals surface area (Å²) in [7, 11) is 0. The maximum atomic E-state index is 13.2. The van der Waals surface area contributed by atoms with Crippen LogP contribution in [0.25, 0.3) is 0 Å². The van der Waals surface area contributed by atoms with E-state index in [2.05, 4.69) is 10.6 Å². The minimum atomic E-state index is -0.451. The first kappa shape index (κ1) is 17.4. The number of amides is 1. The van der Waals surface area contributed by atoms with Crippen LogP contribution in [-0.4, -0.2) is 11.7 Å². The van der Waals surface area contributed by atoms with Gasteiger partial charge in [0, 0.05) is 28.2 Å². The van der Waals surface area contributed by atoms with Gasteiger partial charge in [0.2, 0.25) is 0 Å². The van der Waals surface area contributed by atoms with E-state index in [1.165, 1.54) is 25.1 Å². The summed E-state index contributed by atoms with van der Waals surface area (Å²) >= 11 is 0. The molecule has 26 heavy (non-hydrogen) atoms. The van der Waals surface area contributed by atoms with Gasteiger partial charge in [-0.15, -0.1) is 0 Å². The molecule has 0 saturated heterocycles. The summed E-state index contributed by atoms with van der Waals surface area (Å²) in [6.45, 7) is 1.53. The van der Waals surface area contributed by atoms with Crippen LogP contribution < -0.4 is 10.6 Å². The van der Waals surface area contributed by atoms with Crippen LogP contribution >= 0.6 is 0 Å². The molecule has 0 spiro atoms. The quantitative estimate of drug-likeness (QED) is 0.636. The van der Waals surface area contributed by atoms with Gasteiger partial charge in [0.1, 0.15) is 5.82 Å². The van der Waals surface area contributed by atoms with Gasteiger partial charge in [0.15, 0.2) is 5.78 Å². The summed E-state index contributed by atoms with van der Waals surface area (Å²) in [6, 6.07) is 19.9. The fourth-order valence-corrected chi connectivity index (χ4v) is 2.42. The molecule has 0 bridgehead atoms. The maximum Gasteiger partial charge on any atom is 0.255 e. The molecule has 5 heteroatoms. The number of nitrogens with one attached hydrogen (secondary N) is 2. The summed E-state index contributed by atoms with van der Waals surface area (Å²) in [6.07, 6.45) is 0. The predicted octanol–water partition coefficient (Wildman–Crippen LogP) is 5.02. The summed E-state index contributed by atoms with van der Waals surface area (Å²) < 4.78 is 13.2. The first-order valence-corrected chi connectivity index (χ1v) is 8.06. The van der Waals surface area contributed by atoms with Crippen LogP contribution in [0.15, 0.2) is 72.8 Å². The van der Waals surface area contributed by atoms with Crippen molar-refractivity contribution in [1.82, 2.24) is 0 Å². The summed E-state index contributed by atoms with van der Waals surface area (Å²) in [5, 5.41) is 5.94. The Bertz CT molecular complexity index is 935. The highest BCUT2D eigenvalue weighted by atomic mass is 19.1. The molecule has 130 valence electrons. The van der Waals surface area contributed by atoms with Crippen LogP contribution in [0.1, 0.15) is 27.6 Å². The minimum absolute atomic E-state index is 0.0231. The second-order valence-corrected chi connectivity index (χ2v) is 5.80. The molecule has 0 aliphatic rings. The van der Waals surface area contributed by atoms with Crippen LogP contribution in [0.2, 0.25) is 0 Å². The number of hydrogen-bond acceptors (Lipinski definition) is 3. The van der Waals surface area contributed by atoms with Gasteiger partial charge in [-0.3, -0.25) is 9.59 Å². The van der Waals surface area contributed by atoms with Crippen molar-refractivity contribution < 1.29 is 14.0 Å². The van der Waals surface area contributed by atoms with Crippen molar-refractivity contribution in [2.24, 2.45) is 0 Å². The third-order valence-electron chi connectivity index (χ3n) is 3.81. The number of carbonyl (C=O) groups excluding carboxylic acids is 2. The van der Waals surface area contributed by atoms with E-state index in [4.69, 9.17) is 0 Å². The van der Waals surface area contributed by atoms with Crippen LogP contribution in [0.4, 0.5) is 21.5 Å². The first-order valence-electron chi connectivity index (χ1n) is 8.06. The lowest BCUT2D eigenvalue weighted by molar-refractivity contribution is 0.101. The maximum absolute atomic E-state index is 13.2. The van der Waals surface area contributed by atoms with Crippen molar-refractivity contribution >= 4 is 28.8 Å². The zero-order valence-electron chi connectivity index (χ0n) is 14.1. The standard InChI is InChI=1S/C21H17FN2O2/c1-14(25)15-5-7-18(8-6-15)23-19-9-11-20(12-10-19)24-21(26)16-3-2-4-17(22)13-16/h2-13,23H,1H3,(H,24,26). The Morgan fingerprint density at radius 2 is 1.35 bits per heavy atom. The van der Waals surface area contributed by atoms with Crippen molar-refractivity contribution in [1.29, 1.82) is 0 Å².